The van der Waals surface area contributed by atoms with Crippen LogP contribution in [0.25, 0.3) is 0 Å². The average molecular weight is 188 g/mol. The second-order valence-electron chi connectivity index (χ2n) is 4.01. The fraction of sp³-hybridized carbons (Fsp3) is 0.385. The number of hydrogen-bond acceptors (Lipinski definition) is 1. The van der Waals surface area contributed by atoms with Crippen molar-refractivity contribution >= 4 is 0 Å². The molecule has 0 bridgehead atoms. The first kappa shape index (κ1) is 9.32. The third-order valence-corrected chi connectivity index (χ3v) is 2.90. The minimum absolute atomic E-state index is 0.397. The Hall–Kier alpha value is -1.24. The van der Waals surface area contributed by atoms with Gasteiger partial charge in [0.2, 0.25) is 0 Å². The topological polar surface area (TPSA) is 20.2 Å². The summed E-state index contributed by atoms with van der Waals surface area (Å²) in [5.74, 6) is 0.955. The van der Waals surface area contributed by atoms with Gasteiger partial charge in [-0.05, 0) is 43.4 Å². The minimum atomic E-state index is 0.397. The molecule has 1 aliphatic carbocycles. The number of benzene rings is 1. The maximum atomic E-state index is 9.42. The second-order valence-corrected chi connectivity index (χ2v) is 4.01. The Kier molecular flexibility index (Phi) is 2.58. The molecule has 1 aliphatic rings. The number of aromatic hydroxyl groups is 1. The predicted octanol–water partition coefficient (Wildman–Crippen LogP) is 3.52. The molecule has 0 heterocycles. The second kappa shape index (κ2) is 3.87. The number of rotatable bonds is 1. The van der Waals surface area contributed by atoms with E-state index >= 15 is 0 Å². The highest BCUT2D eigenvalue weighted by Gasteiger charge is 2.11. The van der Waals surface area contributed by atoms with Crippen LogP contribution in [0, 0.1) is 6.92 Å². The lowest BCUT2D eigenvalue weighted by Crippen LogP contribution is -1.99. The molecule has 0 saturated carbocycles. The lowest BCUT2D eigenvalue weighted by Gasteiger charge is -2.17. The van der Waals surface area contributed by atoms with Gasteiger partial charge < -0.3 is 5.11 Å². The highest BCUT2D eigenvalue weighted by molar-refractivity contribution is 5.37. The van der Waals surface area contributed by atoms with E-state index in [2.05, 4.69) is 18.2 Å². The zero-order valence-electron chi connectivity index (χ0n) is 8.53. The number of hydrogen-bond donors (Lipinski definition) is 1. The zero-order valence-corrected chi connectivity index (χ0v) is 8.53. The van der Waals surface area contributed by atoms with Gasteiger partial charge in [-0.15, -0.1) is 0 Å². The van der Waals surface area contributed by atoms with Crippen LogP contribution in [0.3, 0.4) is 0 Å². The molecule has 0 aromatic heterocycles. The van der Waals surface area contributed by atoms with Gasteiger partial charge in [-0.1, -0.05) is 24.3 Å². The smallest absolute Gasteiger partial charge is 0.118 e. The summed E-state index contributed by atoms with van der Waals surface area (Å²) < 4.78 is 0. The molecule has 1 N–H and O–H groups in total. The molecule has 0 fully saturated rings. The van der Waals surface area contributed by atoms with Gasteiger partial charge >= 0.3 is 0 Å². The van der Waals surface area contributed by atoms with E-state index in [-0.39, 0.29) is 0 Å². The zero-order chi connectivity index (χ0) is 9.97. The highest BCUT2D eigenvalue weighted by Crippen LogP contribution is 2.30. The SMILES string of the molecule is Cc1cc(C2C=CCCC2)ccc1O. The van der Waals surface area contributed by atoms with Gasteiger partial charge in [0.1, 0.15) is 5.75 Å². The van der Waals surface area contributed by atoms with Crippen molar-refractivity contribution < 1.29 is 5.11 Å². The van der Waals surface area contributed by atoms with E-state index in [4.69, 9.17) is 0 Å². The molecule has 0 aliphatic heterocycles. The lowest BCUT2D eigenvalue weighted by molar-refractivity contribution is 0.470. The number of phenols is 1. The summed E-state index contributed by atoms with van der Waals surface area (Å²) in [6.07, 6.45) is 8.28. The van der Waals surface area contributed by atoms with Crippen LogP contribution in [0.1, 0.15) is 36.3 Å². The van der Waals surface area contributed by atoms with E-state index in [1.165, 1.54) is 24.8 Å². The van der Waals surface area contributed by atoms with Crippen molar-refractivity contribution in [1.82, 2.24) is 0 Å². The van der Waals surface area contributed by atoms with Crippen molar-refractivity contribution in [3.05, 3.63) is 41.5 Å². The molecule has 0 radical (unpaired) electrons. The van der Waals surface area contributed by atoms with Crippen molar-refractivity contribution in [1.29, 1.82) is 0 Å². The summed E-state index contributed by atoms with van der Waals surface area (Å²) >= 11 is 0. The Labute approximate surface area is 85.1 Å². The molecule has 74 valence electrons. The summed E-state index contributed by atoms with van der Waals surface area (Å²) in [5, 5.41) is 9.42. The number of allylic oxidation sites excluding steroid dienone is 2. The molecule has 1 unspecified atom stereocenters. The van der Waals surface area contributed by atoms with E-state index in [9.17, 15) is 5.11 Å². The molecular weight excluding hydrogens is 172 g/mol. The maximum Gasteiger partial charge on any atom is 0.118 e. The highest BCUT2D eigenvalue weighted by atomic mass is 16.3. The van der Waals surface area contributed by atoms with Gasteiger partial charge in [0.05, 0.1) is 0 Å². The summed E-state index contributed by atoms with van der Waals surface area (Å²) in [7, 11) is 0. The van der Waals surface area contributed by atoms with E-state index < -0.39 is 0 Å². The van der Waals surface area contributed by atoms with E-state index in [0.717, 1.165) is 5.56 Å². The summed E-state index contributed by atoms with van der Waals surface area (Å²) in [6, 6.07) is 5.92. The van der Waals surface area contributed by atoms with Gasteiger partial charge in [0.25, 0.3) is 0 Å². The monoisotopic (exact) mass is 188 g/mol. The van der Waals surface area contributed by atoms with Crippen LogP contribution in [0.2, 0.25) is 0 Å². The summed E-state index contributed by atoms with van der Waals surface area (Å²) in [4.78, 5) is 0. The van der Waals surface area contributed by atoms with Crippen molar-refractivity contribution in [3.63, 3.8) is 0 Å². The van der Waals surface area contributed by atoms with Crippen LogP contribution >= 0.6 is 0 Å². The van der Waals surface area contributed by atoms with Crippen LogP contribution in [0.5, 0.6) is 5.75 Å². The average Bonchev–Trinajstić information content (AvgIpc) is 2.23. The van der Waals surface area contributed by atoms with Gasteiger partial charge in [-0.2, -0.15) is 0 Å². The van der Waals surface area contributed by atoms with Crippen LogP contribution in [0.4, 0.5) is 0 Å². The Morgan fingerprint density at radius 3 is 2.86 bits per heavy atom. The number of aryl methyl sites for hydroxylation is 1. The summed E-state index contributed by atoms with van der Waals surface area (Å²) in [6.45, 7) is 1.95. The third kappa shape index (κ3) is 1.82. The van der Waals surface area contributed by atoms with E-state index in [1.54, 1.807) is 6.07 Å². The van der Waals surface area contributed by atoms with E-state index in [1.807, 2.05) is 13.0 Å². The molecule has 0 amide bonds. The normalized spacial score (nSPS) is 21.1. The molecule has 1 aromatic carbocycles. The quantitative estimate of drug-likeness (QED) is 0.668. The number of phenolic OH excluding ortho intramolecular Hbond substituents is 1. The molecule has 0 spiro atoms. The van der Waals surface area contributed by atoms with Gasteiger partial charge in [0.15, 0.2) is 0 Å². The Balaban J connectivity index is 2.27. The van der Waals surface area contributed by atoms with Crippen LogP contribution in [0.15, 0.2) is 30.4 Å². The predicted molar refractivity (Wildman–Crippen MR) is 58.6 cm³/mol. The van der Waals surface area contributed by atoms with Gasteiger partial charge in [-0.25, -0.2) is 0 Å². The first-order valence-corrected chi connectivity index (χ1v) is 5.23. The first-order valence-electron chi connectivity index (χ1n) is 5.23. The molecule has 2 rings (SSSR count). The Morgan fingerprint density at radius 2 is 2.21 bits per heavy atom. The van der Waals surface area contributed by atoms with E-state index in [0.29, 0.717) is 11.7 Å². The molecular formula is C13H16O. The van der Waals surface area contributed by atoms with Gasteiger partial charge in [0, 0.05) is 5.92 Å². The molecule has 14 heavy (non-hydrogen) atoms. The molecule has 1 atom stereocenters. The minimum Gasteiger partial charge on any atom is -0.508 e. The lowest BCUT2D eigenvalue weighted by atomic mass is 9.88. The first-order chi connectivity index (χ1) is 6.77. The van der Waals surface area contributed by atoms with Gasteiger partial charge in [-0.3, -0.25) is 0 Å². The maximum absolute atomic E-state index is 9.42. The van der Waals surface area contributed by atoms with Crippen molar-refractivity contribution in [2.45, 2.75) is 32.1 Å². The van der Waals surface area contributed by atoms with Crippen molar-refractivity contribution in [3.8, 4) is 5.75 Å². The fourth-order valence-corrected chi connectivity index (χ4v) is 2.00. The molecule has 1 heteroatoms. The van der Waals surface area contributed by atoms with Crippen molar-refractivity contribution in [2.24, 2.45) is 0 Å². The van der Waals surface area contributed by atoms with Crippen LogP contribution in [-0.4, -0.2) is 5.11 Å². The standard InChI is InChI=1S/C13H16O/c1-10-9-12(7-8-13(10)14)11-5-3-2-4-6-11/h3,5,7-9,11,14H,2,4,6H2,1H3. The Morgan fingerprint density at radius 1 is 1.36 bits per heavy atom. The molecule has 1 nitrogen and oxygen atoms in total. The fourth-order valence-electron chi connectivity index (χ4n) is 2.00. The van der Waals surface area contributed by atoms with Crippen molar-refractivity contribution in [2.75, 3.05) is 0 Å². The van der Waals surface area contributed by atoms with Crippen LogP contribution in [-0.2, 0) is 0 Å². The molecule has 1 aromatic rings. The molecule has 0 saturated heterocycles. The third-order valence-electron chi connectivity index (χ3n) is 2.90. The van der Waals surface area contributed by atoms with Crippen LogP contribution < -0.4 is 0 Å². The largest absolute Gasteiger partial charge is 0.508 e. The summed E-state index contributed by atoms with van der Waals surface area (Å²) in [5.41, 5.74) is 2.30. The Bertz CT molecular complexity index is 352.